The van der Waals surface area contributed by atoms with Gasteiger partial charge in [-0.25, -0.2) is 10.2 Å². The number of nitrogen functional groups attached to an aromatic ring is 2. The van der Waals surface area contributed by atoms with E-state index in [1.165, 1.54) is 24.3 Å². The lowest BCUT2D eigenvalue weighted by Gasteiger charge is -2.07. The molecule has 0 fully saturated rings. The van der Waals surface area contributed by atoms with E-state index in [0.717, 1.165) is 0 Å². The summed E-state index contributed by atoms with van der Waals surface area (Å²) in [5.41, 5.74) is 7.78. The van der Waals surface area contributed by atoms with Gasteiger partial charge in [0.25, 0.3) is 0 Å². The molecule has 18 heavy (non-hydrogen) atoms. The normalized spacial score (nSPS) is 10.2. The Morgan fingerprint density at radius 2 is 2.06 bits per heavy atom. The summed E-state index contributed by atoms with van der Waals surface area (Å²) in [7, 11) is 0. The van der Waals surface area contributed by atoms with E-state index in [2.05, 4.69) is 15.4 Å². The summed E-state index contributed by atoms with van der Waals surface area (Å²) in [6.45, 7) is 0. The Morgan fingerprint density at radius 1 is 1.28 bits per heavy atom. The van der Waals surface area contributed by atoms with Crippen molar-refractivity contribution in [2.45, 2.75) is 0 Å². The molecule has 0 amide bonds. The van der Waals surface area contributed by atoms with E-state index in [-0.39, 0.29) is 16.9 Å². The van der Waals surface area contributed by atoms with E-state index in [1.807, 2.05) is 0 Å². The molecule has 2 rings (SSSR count). The molecule has 94 valence electrons. The highest BCUT2D eigenvalue weighted by atomic mass is 35.5. The second-order valence-corrected chi connectivity index (χ2v) is 3.68. The summed E-state index contributed by atoms with van der Waals surface area (Å²) in [6.07, 6.45) is 0. The lowest BCUT2D eigenvalue weighted by molar-refractivity contribution is 0.461. The summed E-state index contributed by atoms with van der Waals surface area (Å²) in [6, 6.07) is 5.36. The molecule has 5 N–H and O–H groups in total. The van der Waals surface area contributed by atoms with Gasteiger partial charge in [-0.3, -0.25) is 0 Å². The number of halogens is 2. The number of nitrogens with zero attached hydrogens (tertiary/aromatic N) is 2. The zero-order valence-corrected chi connectivity index (χ0v) is 9.78. The van der Waals surface area contributed by atoms with Crippen molar-refractivity contribution in [3.05, 3.63) is 35.1 Å². The molecule has 2 aromatic rings. The molecule has 1 aromatic carbocycles. The third-order valence-electron chi connectivity index (χ3n) is 1.98. The van der Waals surface area contributed by atoms with Crippen molar-refractivity contribution in [3.63, 3.8) is 0 Å². The molecule has 0 saturated heterocycles. The topological polar surface area (TPSA) is 99.1 Å². The average Bonchev–Trinajstić information content (AvgIpc) is 2.33. The molecule has 0 unspecified atom stereocenters. The molecule has 0 aliphatic heterocycles. The summed E-state index contributed by atoms with van der Waals surface area (Å²) in [5, 5.41) is -0.0494. The fourth-order valence-electron chi connectivity index (χ4n) is 1.23. The van der Waals surface area contributed by atoms with Crippen LogP contribution in [0.3, 0.4) is 0 Å². The van der Waals surface area contributed by atoms with Gasteiger partial charge in [0.2, 0.25) is 11.8 Å². The minimum absolute atomic E-state index is 0.00587. The van der Waals surface area contributed by atoms with Gasteiger partial charge in [0.1, 0.15) is 17.4 Å². The quantitative estimate of drug-likeness (QED) is 0.582. The summed E-state index contributed by atoms with van der Waals surface area (Å²) in [4.78, 5) is 7.63. The first-order valence-electron chi connectivity index (χ1n) is 4.82. The Kier molecular flexibility index (Phi) is 3.45. The molecular formula is C10H9ClFN5O. The van der Waals surface area contributed by atoms with Crippen LogP contribution in [-0.4, -0.2) is 9.97 Å². The summed E-state index contributed by atoms with van der Waals surface area (Å²) >= 11 is 5.63. The van der Waals surface area contributed by atoms with Gasteiger partial charge in [-0.2, -0.15) is 9.97 Å². The second kappa shape index (κ2) is 5.03. The molecule has 8 heteroatoms. The summed E-state index contributed by atoms with van der Waals surface area (Å²) in [5.74, 6) is 5.45. The molecule has 6 nitrogen and oxygen atoms in total. The zero-order valence-electron chi connectivity index (χ0n) is 9.02. The number of hydrogen-bond acceptors (Lipinski definition) is 6. The van der Waals surface area contributed by atoms with Crippen molar-refractivity contribution in [1.29, 1.82) is 0 Å². The summed E-state index contributed by atoms with van der Waals surface area (Å²) < 4.78 is 18.3. The number of nitrogens with two attached hydrogens (primary N) is 2. The van der Waals surface area contributed by atoms with Gasteiger partial charge in [-0.15, -0.1) is 0 Å². The van der Waals surface area contributed by atoms with Crippen LogP contribution >= 0.6 is 11.6 Å². The smallest absolute Gasteiger partial charge is 0.226 e. The third-order valence-corrected chi connectivity index (χ3v) is 2.27. The van der Waals surface area contributed by atoms with Crippen molar-refractivity contribution < 1.29 is 9.13 Å². The van der Waals surface area contributed by atoms with Crippen LogP contribution < -0.4 is 21.7 Å². The molecule has 0 saturated carbocycles. The van der Waals surface area contributed by atoms with Crippen molar-refractivity contribution in [3.8, 4) is 11.6 Å². The van der Waals surface area contributed by atoms with Crippen LogP contribution in [0.5, 0.6) is 11.6 Å². The number of benzene rings is 1. The standard InChI is InChI=1S/C10H9ClFN5O/c11-6-3-5(1-2-7(6)12)18-9-4-8(17-14)15-10(13)16-9/h1-4H,14H2,(H3,13,15,16,17). The lowest BCUT2D eigenvalue weighted by atomic mass is 10.3. The Balaban J connectivity index is 2.27. The van der Waals surface area contributed by atoms with Crippen molar-refractivity contribution in [2.75, 3.05) is 11.2 Å². The van der Waals surface area contributed by atoms with E-state index in [9.17, 15) is 4.39 Å². The molecule has 0 spiro atoms. The molecule has 0 radical (unpaired) electrons. The number of nitrogens with one attached hydrogen (secondary N) is 1. The molecular weight excluding hydrogens is 261 g/mol. The monoisotopic (exact) mass is 269 g/mol. The highest BCUT2D eigenvalue weighted by Gasteiger charge is 2.06. The molecule has 0 aliphatic carbocycles. The average molecular weight is 270 g/mol. The Labute approximate surface area is 107 Å². The van der Waals surface area contributed by atoms with E-state index in [1.54, 1.807) is 0 Å². The van der Waals surface area contributed by atoms with E-state index in [4.69, 9.17) is 27.9 Å². The number of hydrazine groups is 1. The van der Waals surface area contributed by atoms with Gasteiger partial charge >= 0.3 is 0 Å². The predicted molar refractivity (Wildman–Crippen MR) is 65.7 cm³/mol. The largest absolute Gasteiger partial charge is 0.439 e. The number of hydrogen-bond donors (Lipinski definition) is 3. The van der Waals surface area contributed by atoms with Gasteiger partial charge in [0.05, 0.1) is 5.02 Å². The minimum atomic E-state index is -0.532. The van der Waals surface area contributed by atoms with Crippen LogP contribution in [0.4, 0.5) is 16.2 Å². The number of rotatable bonds is 3. The predicted octanol–water partition coefficient (Wildman–Crippen LogP) is 1.93. The van der Waals surface area contributed by atoms with Crippen LogP contribution in [0.15, 0.2) is 24.3 Å². The maximum Gasteiger partial charge on any atom is 0.226 e. The number of anilines is 2. The second-order valence-electron chi connectivity index (χ2n) is 3.27. The Hall–Kier alpha value is -2.12. The van der Waals surface area contributed by atoms with E-state index < -0.39 is 5.82 Å². The molecule has 0 aliphatic rings. The van der Waals surface area contributed by atoms with Crippen LogP contribution in [-0.2, 0) is 0 Å². The fraction of sp³-hybridized carbons (Fsp3) is 0. The van der Waals surface area contributed by atoms with Crippen molar-refractivity contribution in [1.82, 2.24) is 9.97 Å². The first kappa shape index (κ1) is 12.3. The molecule has 0 bridgehead atoms. The highest BCUT2D eigenvalue weighted by molar-refractivity contribution is 6.30. The number of ether oxygens (including phenoxy) is 1. The molecule has 1 aromatic heterocycles. The van der Waals surface area contributed by atoms with Crippen LogP contribution in [0.1, 0.15) is 0 Å². The molecule has 1 heterocycles. The minimum Gasteiger partial charge on any atom is -0.439 e. The van der Waals surface area contributed by atoms with Crippen molar-refractivity contribution >= 4 is 23.4 Å². The Morgan fingerprint density at radius 3 is 2.72 bits per heavy atom. The number of aromatic nitrogens is 2. The third kappa shape index (κ3) is 2.76. The van der Waals surface area contributed by atoms with Gasteiger partial charge in [-0.05, 0) is 12.1 Å². The zero-order chi connectivity index (χ0) is 13.1. The lowest BCUT2D eigenvalue weighted by Crippen LogP contribution is -2.10. The van der Waals surface area contributed by atoms with Crippen LogP contribution in [0.2, 0.25) is 5.02 Å². The Bertz CT molecular complexity index is 580. The first-order valence-corrected chi connectivity index (χ1v) is 5.20. The van der Waals surface area contributed by atoms with Gasteiger partial charge < -0.3 is 15.9 Å². The van der Waals surface area contributed by atoms with E-state index >= 15 is 0 Å². The van der Waals surface area contributed by atoms with Crippen LogP contribution in [0, 0.1) is 5.82 Å². The maximum absolute atomic E-state index is 13.0. The SMILES string of the molecule is NNc1cc(Oc2ccc(F)c(Cl)c2)nc(N)n1. The van der Waals surface area contributed by atoms with Gasteiger partial charge in [0, 0.05) is 12.1 Å². The maximum atomic E-state index is 13.0. The van der Waals surface area contributed by atoms with Crippen LogP contribution in [0.25, 0.3) is 0 Å². The first-order chi connectivity index (χ1) is 8.58. The van der Waals surface area contributed by atoms with E-state index in [0.29, 0.717) is 11.6 Å². The van der Waals surface area contributed by atoms with Crippen molar-refractivity contribution in [2.24, 2.45) is 5.84 Å². The van der Waals surface area contributed by atoms with Gasteiger partial charge in [0.15, 0.2) is 0 Å². The fourth-order valence-corrected chi connectivity index (χ4v) is 1.40. The highest BCUT2D eigenvalue weighted by Crippen LogP contribution is 2.26. The van der Waals surface area contributed by atoms with Gasteiger partial charge in [-0.1, -0.05) is 11.6 Å². The molecule has 0 atom stereocenters.